The Hall–Kier alpha value is -0.950. The highest BCUT2D eigenvalue weighted by molar-refractivity contribution is 7.89. The van der Waals surface area contributed by atoms with E-state index in [1.54, 1.807) is 23.5 Å². The number of piperidine rings is 1. The molecule has 0 amide bonds. The molecule has 1 saturated heterocycles. The quantitative estimate of drug-likeness (QED) is 0.895. The Balaban J connectivity index is 2.28. The second kappa shape index (κ2) is 6.87. The van der Waals surface area contributed by atoms with Gasteiger partial charge in [-0.1, -0.05) is 6.07 Å². The highest BCUT2D eigenvalue weighted by atomic mass is 32.2. The number of hydrogen-bond acceptors (Lipinski definition) is 4. The fourth-order valence-electron chi connectivity index (χ4n) is 2.65. The van der Waals surface area contributed by atoms with Crippen LogP contribution in [0.1, 0.15) is 24.0 Å². The van der Waals surface area contributed by atoms with Crippen molar-refractivity contribution >= 4 is 10.0 Å². The molecule has 0 aliphatic carbocycles. The van der Waals surface area contributed by atoms with E-state index in [0.29, 0.717) is 24.5 Å². The van der Waals surface area contributed by atoms with Crippen LogP contribution in [0.2, 0.25) is 0 Å². The van der Waals surface area contributed by atoms with E-state index < -0.39 is 10.0 Å². The minimum absolute atomic E-state index is 0.00393. The molecule has 0 radical (unpaired) electrons. The Morgan fingerprint density at radius 3 is 2.86 bits per heavy atom. The summed E-state index contributed by atoms with van der Waals surface area (Å²) in [6.45, 7) is 3.66. The third kappa shape index (κ3) is 3.63. The first kappa shape index (κ1) is 16.4. The van der Waals surface area contributed by atoms with Crippen LogP contribution in [-0.2, 0) is 21.3 Å². The molecule has 1 unspecified atom stereocenters. The first-order valence-corrected chi connectivity index (χ1v) is 8.70. The average Bonchev–Trinajstić information content (AvgIpc) is 2.49. The lowest BCUT2D eigenvalue weighted by Crippen LogP contribution is -2.42. The molecule has 1 aromatic carbocycles. The van der Waals surface area contributed by atoms with Crippen molar-refractivity contribution in [2.45, 2.75) is 37.3 Å². The fourth-order valence-corrected chi connectivity index (χ4v) is 4.22. The monoisotopic (exact) mass is 312 g/mol. The maximum atomic E-state index is 12.8. The molecule has 21 heavy (non-hydrogen) atoms. The van der Waals surface area contributed by atoms with Gasteiger partial charge in [-0.05, 0) is 50.1 Å². The van der Waals surface area contributed by atoms with Gasteiger partial charge in [0, 0.05) is 26.7 Å². The molecule has 1 atom stereocenters. The van der Waals surface area contributed by atoms with E-state index in [-0.39, 0.29) is 6.10 Å². The van der Waals surface area contributed by atoms with Crippen molar-refractivity contribution in [1.82, 2.24) is 9.62 Å². The Morgan fingerprint density at radius 2 is 2.19 bits per heavy atom. The summed E-state index contributed by atoms with van der Waals surface area (Å²) in [6.07, 6.45) is 1.75. The molecule has 1 aliphatic heterocycles. The predicted octanol–water partition coefficient (Wildman–Crippen LogP) is 1.51. The maximum Gasteiger partial charge on any atom is 0.243 e. The minimum atomic E-state index is -3.44. The van der Waals surface area contributed by atoms with E-state index in [1.165, 1.54) is 0 Å². The summed E-state index contributed by atoms with van der Waals surface area (Å²) in [5.74, 6) is 0. The van der Waals surface area contributed by atoms with Crippen LogP contribution in [-0.4, -0.2) is 46.1 Å². The van der Waals surface area contributed by atoms with Crippen LogP contribution in [0.15, 0.2) is 23.1 Å². The fraction of sp³-hybridized carbons (Fsp3) is 0.600. The number of aryl methyl sites for hydroxylation is 1. The van der Waals surface area contributed by atoms with Crippen LogP contribution in [0.4, 0.5) is 0 Å². The van der Waals surface area contributed by atoms with E-state index in [4.69, 9.17) is 4.74 Å². The zero-order valence-corrected chi connectivity index (χ0v) is 13.7. The van der Waals surface area contributed by atoms with Gasteiger partial charge in [0.15, 0.2) is 0 Å². The maximum absolute atomic E-state index is 12.8. The molecule has 0 aromatic heterocycles. The van der Waals surface area contributed by atoms with Gasteiger partial charge < -0.3 is 10.1 Å². The lowest BCUT2D eigenvalue weighted by Gasteiger charge is -2.31. The highest BCUT2D eigenvalue weighted by Gasteiger charge is 2.30. The molecule has 0 spiro atoms. The summed E-state index contributed by atoms with van der Waals surface area (Å²) in [5, 5.41) is 3.07. The zero-order valence-electron chi connectivity index (χ0n) is 12.9. The molecule has 1 N–H and O–H groups in total. The van der Waals surface area contributed by atoms with Gasteiger partial charge in [-0.15, -0.1) is 0 Å². The van der Waals surface area contributed by atoms with E-state index >= 15 is 0 Å². The third-order valence-electron chi connectivity index (χ3n) is 4.00. The molecule has 2 rings (SSSR count). The molecule has 118 valence electrons. The molecule has 1 aromatic rings. The van der Waals surface area contributed by atoms with Crippen molar-refractivity contribution in [3.8, 4) is 0 Å². The molecule has 6 heteroatoms. The lowest BCUT2D eigenvalue weighted by atomic mass is 10.1. The molecular weight excluding hydrogens is 288 g/mol. The SMILES string of the molecule is CNCc1cc(S(=O)(=O)N2CCCC(OC)C2)ccc1C. The Morgan fingerprint density at radius 1 is 1.43 bits per heavy atom. The van der Waals surface area contributed by atoms with Gasteiger partial charge in [-0.25, -0.2) is 8.42 Å². The number of nitrogens with zero attached hydrogens (tertiary/aromatic N) is 1. The van der Waals surface area contributed by atoms with Crippen LogP contribution in [0, 0.1) is 6.92 Å². The molecule has 5 nitrogen and oxygen atoms in total. The van der Waals surface area contributed by atoms with Crippen molar-refractivity contribution in [1.29, 1.82) is 0 Å². The third-order valence-corrected chi connectivity index (χ3v) is 5.86. The number of rotatable bonds is 5. The van der Waals surface area contributed by atoms with Crippen molar-refractivity contribution in [3.05, 3.63) is 29.3 Å². The van der Waals surface area contributed by atoms with Gasteiger partial charge in [0.05, 0.1) is 11.0 Å². The summed E-state index contributed by atoms with van der Waals surface area (Å²) >= 11 is 0. The average molecular weight is 312 g/mol. The summed E-state index contributed by atoms with van der Waals surface area (Å²) < 4.78 is 32.4. The molecular formula is C15H24N2O3S. The Kier molecular flexibility index (Phi) is 5.37. The number of hydrogen-bond donors (Lipinski definition) is 1. The minimum Gasteiger partial charge on any atom is -0.380 e. The summed E-state index contributed by atoms with van der Waals surface area (Å²) in [7, 11) is 0.0551. The molecule has 0 bridgehead atoms. The van der Waals surface area contributed by atoms with E-state index in [9.17, 15) is 8.42 Å². The van der Waals surface area contributed by atoms with Crippen molar-refractivity contribution in [2.75, 3.05) is 27.2 Å². The number of benzene rings is 1. The van der Waals surface area contributed by atoms with E-state index in [0.717, 1.165) is 24.0 Å². The lowest BCUT2D eigenvalue weighted by molar-refractivity contribution is 0.0572. The van der Waals surface area contributed by atoms with Gasteiger partial charge in [-0.3, -0.25) is 0 Å². The van der Waals surface area contributed by atoms with Gasteiger partial charge >= 0.3 is 0 Å². The molecule has 0 saturated carbocycles. The van der Waals surface area contributed by atoms with Crippen molar-refractivity contribution in [2.24, 2.45) is 0 Å². The van der Waals surface area contributed by atoms with Crippen LogP contribution >= 0.6 is 0 Å². The number of sulfonamides is 1. The number of methoxy groups -OCH3 is 1. The molecule has 1 aliphatic rings. The zero-order chi connectivity index (χ0) is 15.5. The second-order valence-corrected chi connectivity index (χ2v) is 7.42. The standard InChI is InChI=1S/C15H24N2O3S/c1-12-6-7-15(9-13(12)10-16-2)21(18,19)17-8-4-5-14(11-17)20-3/h6-7,9,14,16H,4-5,8,10-11H2,1-3H3. The highest BCUT2D eigenvalue weighted by Crippen LogP contribution is 2.23. The van der Waals surface area contributed by atoms with Gasteiger partial charge in [-0.2, -0.15) is 4.31 Å². The van der Waals surface area contributed by atoms with Gasteiger partial charge in [0.2, 0.25) is 10.0 Å². The summed E-state index contributed by atoms with van der Waals surface area (Å²) in [6, 6.07) is 5.34. The summed E-state index contributed by atoms with van der Waals surface area (Å²) in [4.78, 5) is 0.370. The van der Waals surface area contributed by atoms with Gasteiger partial charge in [0.1, 0.15) is 0 Å². The Bertz CT molecular complexity index is 587. The Labute approximate surface area is 127 Å². The topological polar surface area (TPSA) is 58.6 Å². The second-order valence-electron chi connectivity index (χ2n) is 5.48. The first-order chi connectivity index (χ1) is 9.98. The van der Waals surface area contributed by atoms with Crippen LogP contribution in [0.5, 0.6) is 0 Å². The largest absolute Gasteiger partial charge is 0.380 e. The van der Waals surface area contributed by atoms with E-state index in [1.807, 2.05) is 20.0 Å². The number of nitrogens with one attached hydrogen (secondary N) is 1. The van der Waals surface area contributed by atoms with Crippen LogP contribution < -0.4 is 5.32 Å². The van der Waals surface area contributed by atoms with Crippen LogP contribution in [0.3, 0.4) is 0 Å². The van der Waals surface area contributed by atoms with Crippen LogP contribution in [0.25, 0.3) is 0 Å². The number of ether oxygens (including phenoxy) is 1. The molecule has 1 heterocycles. The predicted molar refractivity (Wildman–Crippen MR) is 82.7 cm³/mol. The smallest absolute Gasteiger partial charge is 0.243 e. The molecule has 1 fully saturated rings. The first-order valence-electron chi connectivity index (χ1n) is 7.26. The van der Waals surface area contributed by atoms with Crippen molar-refractivity contribution < 1.29 is 13.2 Å². The summed E-state index contributed by atoms with van der Waals surface area (Å²) in [5.41, 5.74) is 2.11. The van der Waals surface area contributed by atoms with E-state index in [2.05, 4.69) is 5.32 Å². The normalized spacial score (nSPS) is 20.6. The van der Waals surface area contributed by atoms with Crippen molar-refractivity contribution in [3.63, 3.8) is 0 Å². The van der Waals surface area contributed by atoms with Gasteiger partial charge in [0.25, 0.3) is 0 Å².